The topological polar surface area (TPSA) is 47.9 Å². The molecule has 0 saturated heterocycles. The van der Waals surface area contributed by atoms with Crippen molar-refractivity contribution in [1.82, 2.24) is 10.3 Å². The lowest BCUT2D eigenvalue weighted by Crippen LogP contribution is -2.53. The SMILES string of the molecule is CCNC(=S)N1N=C(C)[C@@H]2[C@H]3[C@@H](C[C@]21O)C3(C)C. The summed E-state index contributed by atoms with van der Waals surface area (Å²) in [4.78, 5) is 0. The highest BCUT2D eigenvalue weighted by molar-refractivity contribution is 7.80. The smallest absolute Gasteiger partial charge is 0.192 e. The lowest BCUT2D eigenvalue weighted by atomic mass is 9.84. The van der Waals surface area contributed by atoms with Crippen LogP contribution in [0.15, 0.2) is 5.10 Å². The van der Waals surface area contributed by atoms with E-state index in [1.807, 2.05) is 13.8 Å². The van der Waals surface area contributed by atoms with Gasteiger partial charge in [0.15, 0.2) is 10.8 Å². The number of rotatable bonds is 1. The maximum absolute atomic E-state index is 11.0. The Balaban J connectivity index is 1.89. The van der Waals surface area contributed by atoms with Crippen molar-refractivity contribution in [2.75, 3.05) is 6.54 Å². The number of hydrogen-bond donors (Lipinski definition) is 2. The summed E-state index contributed by atoms with van der Waals surface area (Å²) in [5.41, 5.74) is 0.494. The summed E-state index contributed by atoms with van der Waals surface area (Å²) in [5, 5.41) is 20.8. The molecule has 0 aromatic carbocycles. The second kappa shape index (κ2) is 3.45. The van der Waals surface area contributed by atoms with E-state index in [1.165, 1.54) is 0 Å². The summed E-state index contributed by atoms with van der Waals surface area (Å²) in [7, 11) is 0. The van der Waals surface area contributed by atoms with Crippen LogP contribution in [0.5, 0.6) is 0 Å². The summed E-state index contributed by atoms with van der Waals surface area (Å²) < 4.78 is 0. The Bertz CT molecular complexity index is 448. The third-order valence-electron chi connectivity index (χ3n) is 5.11. The van der Waals surface area contributed by atoms with Crippen molar-refractivity contribution in [2.24, 2.45) is 28.3 Å². The molecule has 2 aliphatic carbocycles. The average molecular weight is 267 g/mol. The van der Waals surface area contributed by atoms with Gasteiger partial charge in [-0.15, -0.1) is 0 Å². The van der Waals surface area contributed by atoms with Crippen molar-refractivity contribution in [3.63, 3.8) is 0 Å². The fraction of sp³-hybridized carbons (Fsp3) is 0.846. The number of thiocarbonyl (C=S) groups is 1. The van der Waals surface area contributed by atoms with Crippen molar-refractivity contribution < 1.29 is 5.11 Å². The van der Waals surface area contributed by atoms with Gasteiger partial charge in [0, 0.05) is 18.7 Å². The van der Waals surface area contributed by atoms with Crippen LogP contribution in [0.2, 0.25) is 0 Å². The first-order valence-electron chi connectivity index (χ1n) is 6.69. The van der Waals surface area contributed by atoms with E-state index >= 15 is 0 Å². The van der Waals surface area contributed by atoms with E-state index in [9.17, 15) is 5.11 Å². The third kappa shape index (κ3) is 1.29. The number of aliphatic hydroxyl groups is 1. The Hall–Kier alpha value is -0.680. The molecule has 0 unspecified atom stereocenters. The fourth-order valence-corrected chi connectivity index (χ4v) is 4.49. The van der Waals surface area contributed by atoms with Gasteiger partial charge >= 0.3 is 0 Å². The standard InChI is InChI=1S/C13H21N3OS/c1-5-14-11(18)16-13(17)6-8-10(12(8,3)4)9(13)7(2)15-16/h8-10,17H,5-6H2,1-4H3,(H,14,18)/t8-,9-,10-,13+/m1/s1. The van der Waals surface area contributed by atoms with Crippen LogP contribution in [0.25, 0.3) is 0 Å². The van der Waals surface area contributed by atoms with Gasteiger partial charge in [0.25, 0.3) is 0 Å². The molecule has 2 N–H and O–H groups in total. The number of nitrogens with zero attached hydrogens (tertiary/aromatic N) is 2. The van der Waals surface area contributed by atoms with E-state index in [0.29, 0.717) is 22.4 Å². The second-order valence-corrected chi connectivity index (χ2v) is 6.79. The first kappa shape index (κ1) is 12.4. The molecule has 18 heavy (non-hydrogen) atoms. The molecule has 0 radical (unpaired) electrons. The Kier molecular flexibility index (Phi) is 2.37. The van der Waals surface area contributed by atoms with Crippen molar-refractivity contribution >= 4 is 23.0 Å². The molecule has 0 spiro atoms. The van der Waals surface area contributed by atoms with E-state index < -0.39 is 5.72 Å². The van der Waals surface area contributed by atoms with Crippen LogP contribution in [0.4, 0.5) is 0 Å². The molecule has 1 heterocycles. The number of fused-ring (bicyclic) bond motifs is 3. The number of nitrogens with one attached hydrogen (secondary N) is 1. The zero-order valence-corrected chi connectivity index (χ0v) is 12.2. The number of hydrogen-bond acceptors (Lipinski definition) is 3. The first-order valence-corrected chi connectivity index (χ1v) is 7.10. The molecule has 0 aromatic heterocycles. The van der Waals surface area contributed by atoms with Gasteiger partial charge < -0.3 is 10.4 Å². The van der Waals surface area contributed by atoms with E-state index in [-0.39, 0.29) is 5.92 Å². The van der Waals surface area contributed by atoms with E-state index in [0.717, 1.165) is 18.7 Å². The molecule has 3 aliphatic rings. The minimum atomic E-state index is -0.881. The molecule has 100 valence electrons. The van der Waals surface area contributed by atoms with Crippen LogP contribution in [0.3, 0.4) is 0 Å². The monoisotopic (exact) mass is 267 g/mol. The van der Waals surface area contributed by atoms with Gasteiger partial charge in [-0.05, 0) is 43.3 Å². The summed E-state index contributed by atoms with van der Waals surface area (Å²) >= 11 is 5.32. The molecule has 5 heteroatoms. The Morgan fingerprint density at radius 1 is 1.61 bits per heavy atom. The maximum atomic E-state index is 11.0. The minimum absolute atomic E-state index is 0.147. The van der Waals surface area contributed by atoms with Crippen molar-refractivity contribution in [3.05, 3.63) is 0 Å². The predicted molar refractivity (Wildman–Crippen MR) is 75.0 cm³/mol. The molecule has 0 aromatic rings. The Morgan fingerprint density at radius 2 is 2.28 bits per heavy atom. The predicted octanol–water partition coefficient (Wildman–Crippen LogP) is 1.55. The lowest BCUT2D eigenvalue weighted by molar-refractivity contribution is -0.0859. The second-order valence-electron chi connectivity index (χ2n) is 6.40. The van der Waals surface area contributed by atoms with Gasteiger partial charge in [-0.1, -0.05) is 13.8 Å². The summed E-state index contributed by atoms with van der Waals surface area (Å²) in [6.45, 7) is 9.35. The van der Waals surface area contributed by atoms with Crippen LogP contribution in [-0.2, 0) is 0 Å². The quantitative estimate of drug-likeness (QED) is 0.708. The van der Waals surface area contributed by atoms with Gasteiger partial charge in [-0.3, -0.25) is 0 Å². The highest BCUT2D eigenvalue weighted by Crippen LogP contribution is 2.73. The van der Waals surface area contributed by atoms with Gasteiger partial charge in [0.05, 0.1) is 5.92 Å². The van der Waals surface area contributed by atoms with Gasteiger partial charge in [0.2, 0.25) is 0 Å². The van der Waals surface area contributed by atoms with Crippen molar-refractivity contribution in [3.8, 4) is 0 Å². The zero-order chi connectivity index (χ0) is 13.3. The first-order chi connectivity index (χ1) is 8.34. The molecule has 1 aliphatic heterocycles. The fourth-order valence-electron chi connectivity index (χ4n) is 4.14. The molecular formula is C13H21N3OS. The third-order valence-corrected chi connectivity index (χ3v) is 5.43. The molecule has 3 rings (SSSR count). The zero-order valence-electron chi connectivity index (χ0n) is 11.4. The van der Waals surface area contributed by atoms with E-state index in [2.05, 4.69) is 24.3 Å². The summed E-state index contributed by atoms with van der Waals surface area (Å²) in [5.74, 6) is 1.31. The molecule has 4 nitrogen and oxygen atoms in total. The Morgan fingerprint density at radius 3 is 2.89 bits per heavy atom. The van der Waals surface area contributed by atoms with Gasteiger partial charge in [-0.25, -0.2) is 5.01 Å². The molecule has 2 fully saturated rings. The van der Waals surface area contributed by atoms with Crippen LogP contribution < -0.4 is 5.32 Å². The largest absolute Gasteiger partial charge is 0.368 e. The van der Waals surface area contributed by atoms with Crippen LogP contribution in [0, 0.1) is 23.2 Å². The maximum Gasteiger partial charge on any atom is 0.192 e. The molecule has 4 atom stereocenters. The normalized spacial score (nSPS) is 43.3. The Labute approximate surface area is 113 Å². The van der Waals surface area contributed by atoms with Gasteiger partial charge in [0.1, 0.15) is 0 Å². The van der Waals surface area contributed by atoms with Crippen LogP contribution in [0.1, 0.15) is 34.1 Å². The molecule has 2 saturated carbocycles. The van der Waals surface area contributed by atoms with Crippen molar-refractivity contribution in [1.29, 1.82) is 0 Å². The molecular weight excluding hydrogens is 246 g/mol. The minimum Gasteiger partial charge on any atom is -0.368 e. The molecule has 0 bridgehead atoms. The van der Waals surface area contributed by atoms with E-state index in [1.54, 1.807) is 5.01 Å². The highest BCUT2D eigenvalue weighted by atomic mass is 32.1. The van der Waals surface area contributed by atoms with Crippen LogP contribution >= 0.6 is 12.2 Å². The molecule has 0 amide bonds. The van der Waals surface area contributed by atoms with Crippen molar-refractivity contribution in [2.45, 2.75) is 39.8 Å². The number of hydrazone groups is 1. The average Bonchev–Trinajstić information content (AvgIpc) is 2.62. The summed E-state index contributed by atoms with van der Waals surface area (Å²) in [6, 6.07) is 0. The van der Waals surface area contributed by atoms with Gasteiger partial charge in [-0.2, -0.15) is 5.10 Å². The van der Waals surface area contributed by atoms with E-state index in [4.69, 9.17) is 12.2 Å². The summed E-state index contributed by atoms with van der Waals surface area (Å²) in [6.07, 6.45) is 0.779. The lowest BCUT2D eigenvalue weighted by Gasteiger charge is -2.36. The van der Waals surface area contributed by atoms with Crippen LogP contribution in [-0.4, -0.2) is 33.2 Å². The highest BCUT2D eigenvalue weighted by Gasteiger charge is 2.75.